The average molecular weight is 290 g/mol. The summed E-state index contributed by atoms with van der Waals surface area (Å²) in [5, 5.41) is 4.34. The monoisotopic (exact) mass is 289 g/mol. The SMILES string of the molecule is C[C@@H](NC1CCc2c(F)cccc21)c1ccccc1Cl. The number of benzene rings is 2. The zero-order chi connectivity index (χ0) is 14.1. The van der Waals surface area contributed by atoms with Crippen LogP contribution < -0.4 is 5.32 Å². The van der Waals surface area contributed by atoms with Gasteiger partial charge in [0, 0.05) is 17.1 Å². The van der Waals surface area contributed by atoms with Gasteiger partial charge < -0.3 is 5.32 Å². The summed E-state index contributed by atoms with van der Waals surface area (Å²) in [6, 6.07) is 13.5. The Hall–Kier alpha value is -1.38. The van der Waals surface area contributed by atoms with Crippen LogP contribution in [0.5, 0.6) is 0 Å². The third kappa shape index (κ3) is 2.46. The van der Waals surface area contributed by atoms with Gasteiger partial charge in [0.15, 0.2) is 0 Å². The Morgan fingerprint density at radius 3 is 2.80 bits per heavy atom. The number of hydrogen-bond donors (Lipinski definition) is 1. The van der Waals surface area contributed by atoms with Gasteiger partial charge in [-0.15, -0.1) is 0 Å². The van der Waals surface area contributed by atoms with Gasteiger partial charge in [-0.2, -0.15) is 0 Å². The first-order valence-corrected chi connectivity index (χ1v) is 7.32. The fourth-order valence-electron chi connectivity index (χ4n) is 3.00. The molecule has 0 heterocycles. The molecule has 0 aromatic heterocycles. The topological polar surface area (TPSA) is 12.0 Å². The van der Waals surface area contributed by atoms with Crippen molar-refractivity contribution in [2.75, 3.05) is 0 Å². The first kappa shape index (κ1) is 13.6. The predicted octanol–water partition coefficient (Wildman–Crippen LogP) is 4.82. The molecular weight excluding hydrogens is 273 g/mol. The van der Waals surface area contributed by atoms with Crippen LogP contribution >= 0.6 is 11.6 Å². The summed E-state index contributed by atoms with van der Waals surface area (Å²) in [6.07, 6.45) is 1.74. The fourth-order valence-corrected chi connectivity index (χ4v) is 3.30. The molecule has 3 rings (SSSR count). The van der Waals surface area contributed by atoms with Crippen molar-refractivity contribution in [3.63, 3.8) is 0 Å². The van der Waals surface area contributed by atoms with E-state index in [0.29, 0.717) is 0 Å². The summed E-state index contributed by atoms with van der Waals surface area (Å²) < 4.78 is 13.7. The molecule has 0 radical (unpaired) electrons. The summed E-state index contributed by atoms with van der Waals surface area (Å²) in [6.45, 7) is 2.10. The molecule has 1 aliphatic carbocycles. The van der Waals surface area contributed by atoms with Crippen molar-refractivity contribution >= 4 is 11.6 Å². The lowest BCUT2D eigenvalue weighted by molar-refractivity contribution is 0.465. The van der Waals surface area contributed by atoms with Gasteiger partial charge in [0.2, 0.25) is 0 Å². The van der Waals surface area contributed by atoms with E-state index in [4.69, 9.17) is 11.6 Å². The van der Waals surface area contributed by atoms with Crippen LogP contribution in [0, 0.1) is 5.82 Å². The van der Waals surface area contributed by atoms with Crippen molar-refractivity contribution in [1.82, 2.24) is 5.32 Å². The molecule has 104 valence electrons. The van der Waals surface area contributed by atoms with Crippen molar-refractivity contribution in [3.05, 3.63) is 70.0 Å². The standard InChI is InChI=1S/C17H17ClFN/c1-11(12-5-2-3-7-15(12)18)20-17-10-9-13-14(17)6-4-8-16(13)19/h2-8,11,17,20H,9-10H2,1H3/t11-,17?/m1/s1. The maximum atomic E-state index is 13.7. The normalized spacial score (nSPS) is 18.9. The highest BCUT2D eigenvalue weighted by molar-refractivity contribution is 6.31. The van der Waals surface area contributed by atoms with Crippen molar-refractivity contribution in [2.24, 2.45) is 0 Å². The molecule has 0 fully saturated rings. The highest BCUT2D eigenvalue weighted by atomic mass is 35.5. The van der Waals surface area contributed by atoms with Crippen LogP contribution in [0.15, 0.2) is 42.5 Å². The molecule has 1 nitrogen and oxygen atoms in total. The molecule has 0 aliphatic heterocycles. The molecule has 1 N–H and O–H groups in total. The Bertz CT molecular complexity index is 626. The Labute approximate surface area is 123 Å². The largest absolute Gasteiger partial charge is 0.303 e. The van der Waals surface area contributed by atoms with E-state index in [9.17, 15) is 4.39 Å². The second kappa shape index (κ2) is 5.55. The van der Waals surface area contributed by atoms with E-state index in [2.05, 4.69) is 12.2 Å². The number of hydrogen-bond acceptors (Lipinski definition) is 1. The molecule has 1 unspecified atom stereocenters. The van der Waals surface area contributed by atoms with Gasteiger partial charge in [-0.1, -0.05) is 41.9 Å². The highest BCUT2D eigenvalue weighted by Gasteiger charge is 2.26. The van der Waals surface area contributed by atoms with E-state index in [1.54, 1.807) is 12.1 Å². The Balaban J connectivity index is 1.81. The van der Waals surface area contributed by atoms with Crippen molar-refractivity contribution in [3.8, 4) is 0 Å². The Morgan fingerprint density at radius 2 is 2.00 bits per heavy atom. The van der Waals surface area contributed by atoms with Crippen LogP contribution in [0.25, 0.3) is 0 Å². The molecular formula is C17H17ClFN. The predicted molar refractivity (Wildman–Crippen MR) is 80.5 cm³/mol. The van der Waals surface area contributed by atoms with E-state index in [0.717, 1.165) is 34.6 Å². The lowest BCUT2D eigenvalue weighted by atomic mass is 10.0. The maximum absolute atomic E-state index is 13.7. The Morgan fingerprint density at radius 1 is 1.20 bits per heavy atom. The van der Waals surface area contributed by atoms with E-state index in [-0.39, 0.29) is 17.9 Å². The minimum absolute atomic E-state index is 0.0859. The number of rotatable bonds is 3. The summed E-state index contributed by atoms with van der Waals surface area (Å²) in [7, 11) is 0. The quantitative estimate of drug-likeness (QED) is 0.854. The molecule has 2 aromatic carbocycles. The van der Waals surface area contributed by atoms with E-state index in [1.165, 1.54) is 0 Å². The van der Waals surface area contributed by atoms with Gasteiger partial charge in [-0.25, -0.2) is 4.39 Å². The molecule has 0 amide bonds. The van der Waals surface area contributed by atoms with Crippen molar-refractivity contribution < 1.29 is 4.39 Å². The molecule has 3 heteroatoms. The summed E-state index contributed by atoms with van der Waals surface area (Å²) in [5.41, 5.74) is 3.03. The molecule has 2 atom stereocenters. The zero-order valence-electron chi connectivity index (χ0n) is 11.4. The minimum atomic E-state index is -0.0859. The van der Waals surface area contributed by atoms with Crippen LogP contribution in [-0.2, 0) is 6.42 Å². The molecule has 0 saturated heterocycles. The molecule has 1 aliphatic rings. The minimum Gasteiger partial charge on any atom is -0.303 e. The zero-order valence-corrected chi connectivity index (χ0v) is 12.1. The van der Waals surface area contributed by atoms with Gasteiger partial charge in [0.25, 0.3) is 0 Å². The van der Waals surface area contributed by atoms with Gasteiger partial charge in [-0.05, 0) is 48.6 Å². The summed E-state index contributed by atoms with van der Waals surface area (Å²) in [5.74, 6) is -0.0859. The third-order valence-corrected chi connectivity index (χ3v) is 4.38. The lowest BCUT2D eigenvalue weighted by Crippen LogP contribution is -2.23. The van der Waals surface area contributed by atoms with E-state index >= 15 is 0 Å². The first-order valence-electron chi connectivity index (χ1n) is 6.94. The van der Waals surface area contributed by atoms with Crippen LogP contribution in [0.2, 0.25) is 5.02 Å². The number of nitrogens with one attached hydrogen (secondary N) is 1. The lowest BCUT2D eigenvalue weighted by Gasteiger charge is -2.21. The second-order valence-corrected chi connectivity index (χ2v) is 5.72. The van der Waals surface area contributed by atoms with Crippen LogP contribution in [0.1, 0.15) is 42.1 Å². The Kier molecular flexibility index (Phi) is 3.77. The molecule has 2 aromatic rings. The molecule has 0 spiro atoms. The van der Waals surface area contributed by atoms with Crippen LogP contribution in [0.4, 0.5) is 4.39 Å². The molecule has 0 bridgehead atoms. The highest BCUT2D eigenvalue weighted by Crippen LogP contribution is 2.35. The van der Waals surface area contributed by atoms with E-state index < -0.39 is 0 Å². The van der Waals surface area contributed by atoms with Crippen molar-refractivity contribution in [1.29, 1.82) is 0 Å². The number of fused-ring (bicyclic) bond motifs is 1. The second-order valence-electron chi connectivity index (χ2n) is 5.31. The summed E-state index contributed by atoms with van der Waals surface area (Å²) in [4.78, 5) is 0. The van der Waals surface area contributed by atoms with Gasteiger partial charge in [0.05, 0.1) is 0 Å². The van der Waals surface area contributed by atoms with Crippen LogP contribution in [-0.4, -0.2) is 0 Å². The van der Waals surface area contributed by atoms with Gasteiger partial charge >= 0.3 is 0 Å². The van der Waals surface area contributed by atoms with Gasteiger partial charge in [-0.3, -0.25) is 0 Å². The first-order chi connectivity index (χ1) is 9.66. The van der Waals surface area contributed by atoms with Gasteiger partial charge in [0.1, 0.15) is 5.82 Å². The number of halogens is 2. The van der Waals surface area contributed by atoms with E-state index in [1.807, 2.05) is 30.3 Å². The molecule has 0 saturated carbocycles. The van der Waals surface area contributed by atoms with Crippen LogP contribution in [0.3, 0.4) is 0 Å². The smallest absolute Gasteiger partial charge is 0.126 e. The van der Waals surface area contributed by atoms with Crippen molar-refractivity contribution in [2.45, 2.75) is 31.8 Å². The molecule has 20 heavy (non-hydrogen) atoms. The summed E-state index contributed by atoms with van der Waals surface area (Å²) >= 11 is 6.23. The third-order valence-electron chi connectivity index (χ3n) is 4.04. The average Bonchev–Trinajstić information content (AvgIpc) is 2.84. The fraction of sp³-hybridized carbons (Fsp3) is 0.294. The maximum Gasteiger partial charge on any atom is 0.126 e.